The first-order chi connectivity index (χ1) is 6.39. The Morgan fingerprint density at radius 2 is 2.21 bits per heavy atom. The Labute approximate surface area is 84.6 Å². The number of rotatable bonds is 6. The van der Waals surface area contributed by atoms with Crippen LogP contribution in [-0.2, 0) is 14.5 Å². The lowest BCUT2D eigenvalue weighted by Gasteiger charge is -2.06. The molecule has 0 rings (SSSR count). The normalized spacial score (nSPS) is 17.1. The topological polar surface area (TPSA) is 106 Å². The SMILES string of the molecule is CCCCS(N)(=O)=CC[C@H](N)C(=O)O. The minimum Gasteiger partial charge on any atom is -0.480 e. The third-order valence-electron chi connectivity index (χ3n) is 1.77. The van der Waals surface area contributed by atoms with E-state index >= 15 is 0 Å². The maximum Gasteiger partial charge on any atom is 0.320 e. The summed E-state index contributed by atoms with van der Waals surface area (Å²) in [6, 6.07) is -1.01. The van der Waals surface area contributed by atoms with Crippen molar-refractivity contribution < 1.29 is 14.1 Å². The summed E-state index contributed by atoms with van der Waals surface area (Å²) in [5, 5.41) is 15.3. The summed E-state index contributed by atoms with van der Waals surface area (Å²) in [4.78, 5) is 10.4. The first-order valence-electron chi connectivity index (χ1n) is 4.50. The molecule has 5 nitrogen and oxygen atoms in total. The van der Waals surface area contributed by atoms with E-state index in [-0.39, 0.29) is 6.42 Å². The molecule has 0 heterocycles. The van der Waals surface area contributed by atoms with E-state index in [4.69, 9.17) is 16.0 Å². The van der Waals surface area contributed by atoms with Crippen LogP contribution in [0, 0.1) is 0 Å². The molecule has 0 saturated heterocycles. The van der Waals surface area contributed by atoms with Gasteiger partial charge in [0.05, 0.1) is 0 Å². The molecule has 0 spiro atoms. The Hall–Kier alpha value is -0.590. The van der Waals surface area contributed by atoms with Crippen LogP contribution >= 0.6 is 0 Å². The fourth-order valence-electron chi connectivity index (χ4n) is 0.821. The largest absolute Gasteiger partial charge is 0.480 e. The van der Waals surface area contributed by atoms with E-state index in [9.17, 15) is 9.00 Å². The highest BCUT2D eigenvalue weighted by Crippen LogP contribution is 1.94. The maximum absolute atomic E-state index is 11.5. The third-order valence-corrected chi connectivity index (χ3v) is 3.45. The van der Waals surface area contributed by atoms with Gasteiger partial charge in [0.15, 0.2) is 0 Å². The van der Waals surface area contributed by atoms with Crippen LogP contribution < -0.4 is 10.9 Å². The average Bonchev–Trinajstić information content (AvgIpc) is 2.11. The number of carboxylic acids is 1. The first kappa shape index (κ1) is 13.4. The molecule has 6 heteroatoms. The Morgan fingerprint density at radius 1 is 1.64 bits per heavy atom. The Kier molecular flexibility index (Phi) is 5.75. The first-order valence-corrected chi connectivity index (χ1v) is 6.35. The van der Waals surface area contributed by atoms with Gasteiger partial charge in [0, 0.05) is 21.9 Å². The lowest BCUT2D eigenvalue weighted by atomic mass is 10.2. The summed E-state index contributed by atoms with van der Waals surface area (Å²) in [6.07, 6.45) is 1.73. The van der Waals surface area contributed by atoms with Crippen molar-refractivity contribution in [1.29, 1.82) is 0 Å². The summed E-state index contributed by atoms with van der Waals surface area (Å²) in [7, 11) is -2.49. The van der Waals surface area contributed by atoms with Gasteiger partial charge in [-0.1, -0.05) is 13.3 Å². The molecule has 0 aromatic heterocycles. The second-order valence-corrected chi connectivity index (χ2v) is 5.49. The van der Waals surface area contributed by atoms with Gasteiger partial charge in [-0.25, -0.2) is 0 Å². The summed E-state index contributed by atoms with van der Waals surface area (Å²) >= 11 is 0. The number of carboxylic acid groups (broad SMARTS) is 1. The van der Waals surface area contributed by atoms with Crippen LogP contribution in [0.4, 0.5) is 0 Å². The van der Waals surface area contributed by atoms with Crippen molar-refractivity contribution >= 4 is 21.0 Å². The second-order valence-electron chi connectivity index (χ2n) is 3.18. The van der Waals surface area contributed by atoms with Crippen molar-refractivity contribution in [3.8, 4) is 0 Å². The van der Waals surface area contributed by atoms with E-state index < -0.39 is 21.7 Å². The van der Waals surface area contributed by atoms with Crippen molar-refractivity contribution in [2.75, 3.05) is 5.75 Å². The van der Waals surface area contributed by atoms with E-state index in [1.807, 2.05) is 6.92 Å². The summed E-state index contributed by atoms with van der Waals surface area (Å²) in [5.41, 5.74) is 5.24. The van der Waals surface area contributed by atoms with E-state index in [0.29, 0.717) is 5.75 Å². The summed E-state index contributed by atoms with van der Waals surface area (Å²) in [5.74, 6) is -0.706. The molecule has 0 aliphatic heterocycles. The number of aliphatic carboxylic acids is 1. The lowest BCUT2D eigenvalue weighted by molar-refractivity contribution is -0.138. The number of nitrogens with two attached hydrogens (primary N) is 2. The summed E-state index contributed by atoms with van der Waals surface area (Å²) < 4.78 is 11.5. The van der Waals surface area contributed by atoms with Crippen LogP contribution in [-0.4, -0.2) is 32.4 Å². The molecule has 0 saturated carbocycles. The van der Waals surface area contributed by atoms with Crippen molar-refractivity contribution in [3.63, 3.8) is 0 Å². The number of hydrogen-bond donors (Lipinski definition) is 3. The van der Waals surface area contributed by atoms with E-state index in [0.717, 1.165) is 12.8 Å². The van der Waals surface area contributed by atoms with Crippen LogP contribution in [0.3, 0.4) is 0 Å². The van der Waals surface area contributed by atoms with Gasteiger partial charge in [-0.3, -0.25) is 14.1 Å². The fraction of sp³-hybridized carbons (Fsp3) is 0.750. The number of carbonyl (C=O) groups is 1. The van der Waals surface area contributed by atoms with Gasteiger partial charge in [0.25, 0.3) is 0 Å². The van der Waals surface area contributed by atoms with E-state index in [1.165, 1.54) is 5.37 Å². The minimum atomic E-state index is -2.49. The molecule has 0 amide bonds. The molecule has 84 valence electrons. The van der Waals surface area contributed by atoms with Gasteiger partial charge in [-0.2, -0.15) is 0 Å². The molecular weight excluding hydrogens is 204 g/mol. The van der Waals surface area contributed by atoms with Gasteiger partial charge < -0.3 is 10.8 Å². The zero-order valence-corrected chi connectivity index (χ0v) is 9.13. The summed E-state index contributed by atoms with van der Waals surface area (Å²) in [6.45, 7) is 1.97. The fourth-order valence-corrected chi connectivity index (χ4v) is 2.26. The zero-order chi connectivity index (χ0) is 11.2. The van der Waals surface area contributed by atoms with Gasteiger partial charge >= 0.3 is 5.97 Å². The maximum atomic E-state index is 11.5. The predicted octanol–water partition coefficient (Wildman–Crippen LogP) is -0.451. The van der Waals surface area contributed by atoms with Crippen LogP contribution in [0.25, 0.3) is 0 Å². The monoisotopic (exact) mass is 222 g/mol. The van der Waals surface area contributed by atoms with Crippen molar-refractivity contribution in [1.82, 2.24) is 0 Å². The Balaban J connectivity index is 4.21. The Bertz CT molecular complexity index is 295. The number of unbranched alkanes of at least 4 members (excludes halogenated alkanes) is 1. The molecule has 0 aromatic carbocycles. The average molecular weight is 222 g/mol. The third kappa shape index (κ3) is 5.95. The predicted molar refractivity (Wildman–Crippen MR) is 58.4 cm³/mol. The highest BCUT2D eigenvalue weighted by Gasteiger charge is 2.10. The minimum absolute atomic E-state index is 0.0500. The lowest BCUT2D eigenvalue weighted by Crippen LogP contribution is -2.32. The van der Waals surface area contributed by atoms with Crippen LogP contribution in [0.15, 0.2) is 0 Å². The standard InChI is InChI=1S/C8H18N2O3S/c1-2-3-5-14(10,13)6-4-7(9)8(11)12/h6-7H,2-5,9H2,1H3,(H2,10,13)(H,11,12)/t7-,14?/m0/s1. The number of hydrogen-bond acceptors (Lipinski definition) is 3. The molecule has 14 heavy (non-hydrogen) atoms. The molecule has 0 fully saturated rings. The second kappa shape index (κ2) is 6.00. The van der Waals surface area contributed by atoms with E-state index in [1.54, 1.807) is 0 Å². The molecule has 0 aliphatic rings. The molecule has 0 aliphatic carbocycles. The molecule has 5 N–H and O–H groups in total. The molecule has 2 atom stereocenters. The van der Waals surface area contributed by atoms with Crippen molar-refractivity contribution in [3.05, 3.63) is 0 Å². The van der Waals surface area contributed by atoms with Gasteiger partial charge in [-0.05, 0) is 11.8 Å². The molecular formula is C8H18N2O3S. The smallest absolute Gasteiger partial charge is 0.320 e. The molecule has 0 aromatic rings. The quantitative estimate of drug-likeness (QED) is 0.529. The molecule has 1 unspecified atom stereocenters. The van der Waals surface area contributed by atoms with Crippen LogP contribution in [0.5, 0.6) is 0 Å². The molecule has 0 bridgehead atoms. The van der Waals surface area contributed by atoms with Crippen molar-refractivity contribution in [2.24, 2.45) is 10.9 Å². The van der Waals surface area contributed by atoms with Crippen LogP contribution in [0.2, 0.25) is 0 Å². The molecule has 0 radical (unpaired) electrons. The van der Waals surface area contributed by atoms with E-state index in [2.05, 4.69) is 0 Å². The van der Waals surface area contributed by atoms with Gasteiger partial charge in [0.1, 0.15) is 6.04 Å². The Morgan fingerprint density at radius 3 is 2.64 bits per heavy atom. The highest BCUT2D eigenvalue weighted by molar-refractivity contribution is 7.99. The van der Waals surface area contributed by atoms with Gasteiger partial charge in [-0.15, -0.1) is 0 Å². The highest BCUT2D eigenvalue weighted by atomic mass is 32.2. The van der Waals surface area contributed by atoms with Crippen LogP contribution in [0.1, 0.15) is 26.2 Å². The zero-order valence-electron chi connectivity index (χ0n) is 8.31. The van der Waals surface area contributed by atoms with Crippen molar-refractivity contribution in [2.45, 2.75) is 32.2 Å². The van der Waals surface area contributed by atoms with Gasteiger partial charge in [0.2, 0.25) is 0 Å².